The Kier molecular flexibility index (Phi) is 6.74. The van der Waals surface area contributed by atoms with Crippen molar-refractivity contribution in [2.45, 2.75) is 19.7 Å². The van der Waals surface area contributed by atoms with E-state index in [2.05, 4.69) is 0 Å². The van der Waals surface area contributed by atoms with E-state index < -0.39 is 28.1 Å². The van der Waals surface area contributed by atoms with Crippen molar-refractivity contribution in [3.05, 3.63) is 69.8 Å². The number of benzene rings is 2. The van der Waals surface area contributed by atoms with Gasteiger partial charge < -0.3 is 4.74 Å². The molecule has 0 bridgehead atoms. The summed E-state index contributed by atoms with van der Waals surface area (Å²) in [5.74, 6) is -0.433. The summed E-state index contributed by atoms with van der Waals surface area (Å²) < 4.78 is 43.9. The highest BCUT2D eigenvalue weighted by Gasteiger charge is 2.36. The number of halogens is 3. The third kappa shape index (κ3) is 5.61. The van der Waals surface area contributed by atoms with Gasteiger partial charge in [0.15, 0.2) is 0 Å². The van der Waals surface area contributed by atoms with Gasteiger partial charge in [-0.1, -0.05) is 30.3 Å². The van der Waals surface area contributed by atoms with Crippen LogP contribution in [0.25, 0.3) is 0 Å². The van der Waals surface area contributed by atoms with E-state index in [0.29, 0.717) is 11.6 Å². The molecule has 0 spiro atoms. The summed E-state index contributed by atoms with van der Waals surface area (Å²) in [6.07, 6.45) is -4.72. The average Bonchev–Trinajstić information content (AvgIpc) is 2.53. The van der Waals surface area contributed by atoms with Crippen LogP contribution in [0.5, 0.6) is 5.75 Å². The maximum atomic E-state index is 12.9. The lowest BCUT2D eigenvalue weighted by Crippen LogP contribution is -2.09. The molecule has 0 aromatic heterocycles. The van der Waals surface area contributed by atoms with Gasteiger partial charge in [0.25, 0.3) is 5.69 Å². The molecule has 0 unspecified atom stereocenters. The van der Waals surface area contributed by atoms with Crippen molar-refractivity contribution in [1.29, 1.82) is 5.26 Å². The molecule has 0 aliphatic rings. The summed E-state index contributed by atoms with van der Waals surface area (Å²) in [6, 6.07) is 12.8. The molecule has 2 aromatic rings. The molecule has 8 heteroatoms. The summed E-state index contributed by atoms with van der Waals surface area (Å²) >= 11 is 0. The smallest absolute Gasteiger partial charge is 0.420 e. The largest absolute Gasteiger partial charge is 0.488 e. The van der Waals surface area contributed by atoms with Gasteiger partial charge in [-0.05, 0) is 11.6 Å². The van der Waals surface area contributed by atoms with Gasteiger partial charge in [0.2, 0.25) is 0 Å². The van der Waals surface area contributed by atoms with Gasteiger partial charge >= 0.3 is 6.18 Å². The van der Waals surface area contributed by atoms with Crippen LogP contribution in [0.15, 0.2) is 48.5 Å². The Morgan fingerprint density at radius 1 is 1.21 bits per heavy atom. The van der Waals surface area contributed by atoms with Crippen LogP contribution >= 0.6 is 0 Å². The quantitative estimate of drug-likeness (QED) is 0.597. The van der Waals surface area contributed by atoms with Crippen LogP contribution in [0, 0.1) is 21.4 Å². The molecule has 0 fully saturated rings. The van der Waals surface area contributed by atoms with Crippen molar-refractivity contribution >= 4 is 5.69 Å². The van der Waals surface area contributed by atoms with Gasteiger partial charge in [-0.3, -0.25) is 10.1 Å². The zero-order valence-corrected chi connectivity index (χ0v) is 12.6. The Balaban J connectivity index is 0.000000891. The number of nitro groups is 1. The number of nitrogens with zero attached hydrogens (tertiary/aromatic N) is 2. The van der Waals surface area contributed by atoms with Crippen molar-refractivity contribution in [3.8, 4) is 11.8 Å². The van der Waals surface area contributed by atoms with Gasteiger partial charge in [0.1, 0.15) is 17.9 Å². The third-order valence-corrected chi connectivity index (χ3v) is 2.72. The van der Waals surface area contributed by atoms with Crippen LogP contribution in [0.4, 0.5) is 18.9 Å². The van der Waals surface area contributed by atoms with Gasteiger partial charge in [0.05, 0.1) is 11.0 Å². The molecular formula is C16H13F3N2O3. The number of nitriles is 1. The van der Waals surface area contributed by atoms with Crippen molar-refractivity contribution in [2.75, 3.05) is 0 Å². The van der Waals surface area contributed by atoms with E-state index >= 15 is 0 Å². The van der Waals surface area contributed by atoms with Gasteiger partial charge in [-0.15, -0.1) is 0 Å². The Labute approximate surface area is 136 Å². The van der Waals surface area contributed by atoms with Gasteiger partial charge in [-0.25, -0.2) is 0 Å². The lowest BCUT2D eigenvalue weighted by Gasteiger charge is -2.13. The van der Waals surface area contributed by atoms with Crippen LogP contribution < -0.4 is 4.74 Å². The van der Waals surface area contributed by atoms with E-state index in [1.807, 2.05) is 0 Å². The van der Waals surface area contributed by atoms with E-state index in [4.69, 9.17) is 10.00 Å². The first kappa shape index (κ1) is 19.0. The summed E-state index contributed by atoms with van der Waals surface area (Å²) in [5.41, 5.74) is -1.09. The highest BCUT2D eigenvalue weighted by molar-refractivity contribution is 5.45. The number of hydrogen-bond acceptors (Lipinski definition) is 4. The number of alkyl halides is 3. The predicted molar refractivity (Wildman–Crippen MR) is 80.2 cm³/mol. The number of non-ortho nitro benzene ring substituents is 1. The second kappa shape index (κ2) is 8.53. The molecule has 0 saturated carbocycles. The fraction of sp³-hybridized carbons (Fsp3) is 0.188. The Morgan fingerprint density at radius 3 is 2.29 bits per heavy atom. The molecule has 0 radical (unpaired) electrons. The summed E-state index contributed by atoms with van der Waals surface area (Å²) in [4.78, 5) is 9.69. The molecule has 0 saturated heterocycles. The van der Waals surface area contributed by atoms with Crippen LogP contribution in [0.1, 0.15) is 18.1 Å². The molecule has 2 aromatic carbocycles. The van der Waals surface area contributed by atoms with Gasteiger partial charge in [-0.2, -0.15) is 18.4 Å². The molecule has 0 atom stereocenters. The molecule has 0 heterocycles. The Bertz CT molecular complexity index is 726. The monoisotopic (exact) mass is 338 g/mol. The molecule has 0 amide bonds. The Hall–Kier alpha value is -3.08. The summed E-state index contributed by atoms with van der Waals surface area (Å²) in [6.45, 7) is 1.38. The third-order valence-electron chi connectivity index (χ3n) is 2.72. The first-order valence-corrected chi connectivity index (χ1v) is 6.62. The van der Waals surface area contributed by atoms with E-state index in [1.165, 1.54) is 6.92 Å². The van der Waals surface area contributed by atoms with Crippen molar-refractivity contribution < 1.29 is 22.8 Å². The molecule has 24 heavy (non-hydrogen) atoms. The van der Waals surface area contributed by atoms with Crippen LogP contribution in [0.3, 0.4) is 0 Å². The molecule has 5 nitrogen and oxygen atoms in total. The molecular weight excluding hydrogens is 325 g/mol. The highest BCUT2D eigenvalue weighted by atomic mass is 19.4. The summed E-state index contributed by atoms with van der Waals surface area (Å²) in [5, 5.41) is 17.9. The minimum atomic E-state index is -4.72. The molecule has 126 valence electrons. The first-order chi connectivity index (χ1) is 11.3. The fourth-order valence-corrected chi connectivity index (χ4v) is 1.71. The Morgan fingerprint density at radius 2 is 1.79 bits per heavy atom. The highest BCUT2D eigenvalue weighted by Crippen LogP contribution is 2.38. The maximum absolute atomic E-state index is 12.9. The lowest BCUT2D eigenvalue weighted by atomic mass is 10.1. The second-order valence-electron chi connectivity index (χ2n) is 4.43. The molecule has 0 N–H and O–H groups in total. The molecule has 0 aliphatic heterocycles. The zero-order chi connectivity index (χ0) is 18.2. The van der Waals surface area contributed by atoms with Crippen LogP contribution in [-0.2, 0) is 12.8 Å². The standard InChI is InChI=1S/C14H10F3NO3.C2H3N/c15-14(16,17)12-8-11(18(19)20)6-7-13(12)21-9-10-4-2-1-3-5-10;1-2-3/h1-8H,9H2;1H3. The SMILES string of the molecule is CC#N.O=[N+]([O-])c1ccc(OCc2ccccc2)c(C(F)(F)F)c1. The topological polar surface area (TPSA) is 76.2 Å². The van der Waals surface area contributed by atoms with E-state index in [1.54, 1.807) is 36.4 Å². The van der Waals surface area contributed by atoms with Crippen LogP contribution in [-0.4, -0.2) is 4.92 Å². The fourth-order valence-electron chi connectivity index (χ4n) is 1.71. The zero-order valence-electron chi connectivity index (χ0n) is 12.6. The average molecular weight is 338 g/mol. The predicted octanol–water partition coefficient (Wildman–Crippen LogP) is 4.72. The lowest BCUT2D eigenvalue weighted by molar-refractivity contribution is -0.385. The first-order valence-electron chi connectivity index (χ1n) is 6.62. The number of ether oxygens (including phenoxy) is 1. The van der Waals surface area contributed by atoms with Crippen LogP contribution in [0.2, 0.25) is 0 Å². The number of rotatable bonds is 4. The molecule has 2 rings (SSSR count). The molecule has 0 aliphatic carbocycles. The van der Waals surface area contributed by atoms with Crippen molar-refractivity contribution in [1.82, 2.24) is 0 Å². The number of hydrogen-bond donors (Lipinski definition) is 0. The minimum absolute atomic E-state index is 0.0538. The summed E-state index contributed by atoms with van der Waals surface area (Å²) in [7, 11) is 0. The van der Waals surface area contributed by atoms with Crippen molar-refractivity contribution in [3.63, 3.8) is 0 Å². The minimum Gasteiger partial charge on any atom is -0.488 e. The second-order valence-corrected chi connectivity index (χ2v) is 4.43. The van der Waals surface area contributed by atoms with Crippen molar-refractivity contribution in [2.24, 2.45) is 0 Å². The van der Waals surface area contributed by atoms with Gasteiger partial charge in [0, 0.05) is 19.1 Å². The maximum Gasteiger partial charge on any atom is 0.420 e. The number of nitro benzene ring substituents is 1. The van der Waals surface area contributed by atoms with E-state index in [0.717, 1.165) is 12.1 Å². The van der Waals surface area contributed by atoms with E-state index in [-0.39, 0.29) is 6.61 Å². The van der Waals surface area contributed by atoms with E-state index in [9.17, 15) is 23.3 Å². The normalized spacial score (nSPS) is 10.1.